The number of esters is 1. The summed E-state index contributed by atoms with van der Waals surface area (Å²) in [6, 6.07) is 7.64. The van der Waals surface area contributed by atoms with Crippen LogP contribution >= 0.6 is 11.3 Å². The van der Waals surface area contributed by atoms with Gasteiger partial charge in [-0.25, -0.2) is 0 Å². The molecule has 1 N–H and O–H groups in total. The van der Waals surface area contributed by atoms with E-state index in [0.717, 1.165) is 17.8 Å². The molecule has 1 aromatic carbocycles. The van der Waals surface area contributed by atoms with Gasteiger partial charge in [0.25, 0.3) is 5.91 Å². The Morgan fingerprint density at radius 3 is 2.62 bits per heavy atom. The first kappa shape index (κ1) is 20.9. The minimum absolute atomic E-state index is 0.0382. The van der Waals surface area contributed by atoms with Crippen molar-refractivity contribution in [2.24, 2.45) is 5.92 Å². The second-order valence-electron chi connectivity index (χ2n) is 7.15. The van der Waals surface area contributed by atoms with Gasteiger partial charge in [-0.1, -0.05) is 30.4 Å². The Balaban J connectivity index is 1.51. The average molecular weight is 417 g/mol. The van der Waals surface area contributed by atoms with Gasteiger partial charge in [0.05, 0.1) is 5.92 Å². The zero-order chi connectivity index (χ0) is 21.0. The molecule has 8 nitrogen and oxygen atoms in total. The second-order valence-corrected chi connectivity index (χ2v) is 8.22. The van der Waals surface area contributed by atoms with Crippen molar-refractivity contribution in [1.82, 2.24) is 15.1 Å². The SMILES string of the molecule is CCc1ccc(NC(=O)c2nnc(COC(=O)C3CC(=O)N(C(C)C)C3)s2)cc1. The Morgan fingerprint density at radius 2 is 2.00 bits per heavy atom. The Hall–Kier alpha value is -2.81. The van der Waals surface area contributed by atoms with Crippen LogP contribution in [0.4, 0.5) is 5.69 Å². The van der Waals surface area contributed by atoms with Gasteiger partial charge in [0.1, 0.15) is 6.61 Å². The van der Waals surface area contributed by atoms with E-state index in [2.05, 4.69) is 22.4 Å². The third kappa shape index (κ3) is 5.17. The average Bonchev–Trinajstić information content (AvgIpc) is 3.33. The largest absolute Gasteiger partial charge is 0.458 e. The number of carbonyl (C=O) groups excluding carboxylic acids is 3. The van der Waals surface area contributed by atoms with E-state index < -0.39 is 11.9 Å². The molecule has 2 aromatic rings. The lowest BCUT2D eigenvalue weighted by Gasteiger charge is -2.20. The smallest absolute Gasteiger partial charge is 0.311 e. The predicted octanol–water partition coefficient (Wildman–Crippen LogP) is 2.65. The highest BCUT2D eigenvalue weighted by Gasteiger charge is 2.36. The van der Waals surface area contributed by atoms with Crippen molar-refractivity contribution in [3.05, 3.63) is 39.8 Å². The highest BCUT2D eigenvalue weighted by Crippen LogP contribution is 2.22. The van der Waals surface area contributed by atoms with Crippen molar-refractivity contribution < 1.29 is 19.1 Å². The number of amides is 2. The molecule has 0 saturated carbocycles. The van der Waals surface area contributed by atoms with Crippen LogP contribution in [0.5, 0.6) is 0 Å². The van der Waals surface area contributed by atoms with Gasteiger partial charge in [-0.3, -0.25) is 14.4 Å². The van der Waals surface area contributed by atoms with E-state index in [1.54, 1.807) is 4.90 Å². The van der Waals surface area contributed by atoms with Crippen LogP contribution in [0.3, 0.4) is 0 Å². The highest BCUT2D eigenvalue weighted by atomic mass is 32.1. The molecule has 1 atom stereocenters. The van der Waals surface area contributed by atoms with E-state index in [0.29, 0.717) is 17.2 Å². The van der Waals surface area contributed by atoms with Gasteiger partial charge in [0, 0.05) is 24.7 Å². The van der Waals surface area contributed by atoms with Crippen molar-refractivity contribution in [2.75, 3.05) is 11.9 Å². The second kappa shape index (κ2) is 9.13. The first-order valence-corrected chi connectivity index (χ1v) is 10.4. The van der Waals surface area contributed by atoms with Crippen molar-refractivity contribution in [2.45, 2.75) is 46.3 Å². The van der Waals surface area contributed by atoms with Gasteiger partial charge < -0.3 is 15.0 Å². The summed E-state index contributed by atoms with van der Waals surface area (Å²) in [6.07, 6.45) is 1.09. The molecule has 2 amide bonds. The summed E-state index contributed by atoms with van der Waals surface area (Å²) < 4.78 is 5.28. The number of benzene rings is 1. The van der Waals surface area contributed by atoms with Crippen LogP contribution in [0.1, 0.15) is 47.6 Å². The molecule has 1 aliphatic heterocycles. The van der Waals surface area contributed by atoms with Gasteiger partial charge in [-0.15, -0.1) is 10.2 Å². The number of nitrogens with one attached hydrogen (secondary N) is 1. The lowest BCUT2D eigenvalue weighted by Crippen LogP contribution is -2.32. The zero-order valence-corrected chi connectivity index (χ0v) is 17.5. The number of anilines is 1. The first-order valence-electron chi connectivity index (χ1n) is 9.56. The summed E-state index contributed by atoms with van der Waals surface area (Å²) in [5.74, 6) is -1.30. The van der Waals surface area contributed by atoms with Crippen LogP contribution < -0.4 is 5.32 Å². The van der Waals surface area contributed by atoms with Gasteiger partial charge in [-0.05, 0) is 38.0 Å². The molecule has 1 aromatic heterocycles. The van der Waals surface area contributed by atoms with E-state index in [1.165, 1.54) is 5.56 Å². The molecule has 0 bridgehead atoms. The van der Waals surface area contributed by atoms with Crippen LogP contribution in [0.25, 0.3) is 0 Å². The minimum Gasteiger partial charge on any atom is -0.458 e. The lowest BCUT2D eigenvalue weighted by atomic mass is 10.1. The number of nitrogens with zero attached hydrogens (tertiary/aromatic N) is 3. The molecule has 29 heavy (non-hydrogen) atoms. The molecule has 0 aliphatic carbocycles. The predicted molar refractivity (Wildman–Crippen MR) is 108 cm³/mol. The van der Waals surface area contributed by atoms with Crippen molar-refractivity contribution in [3.8, 4) is 0 Å². The van der Waals surface area contributed by atoms with Crippen LogP contribution in [0, 0.1) is 5.92 Å². The Kier molecular flexibility index (Phi) is 6.58. The summed E-state index contributed by atoms with van der Waals surface area (Å²) >= 11 is 1.07. The minimum atomic E-state index is -0.466. The molecule has 3 rings (SSSR count). The number of hydrogen-bond acceptors (Lipinski definition) is 7. The number of rotatable bonds is 7. The zero-order valence-electron chi connectivity index (χ0n) is 16.7. The highest BCUT2D eigenvalue weighted by molar-refractivity contribution is 7.13. The number of likely N-dealkylation sites (tertiary alicyclic amines) is 1. The third-order valence-corrected chi connectivity index (χ3v) is 5.63. The molecule has 1 fully saturated rings. The van der Waals surface area contributed by atoms with Gasteiger partial charge >= 0.3 is 5.97 Å². The Bertz CT molecular complexity index is 894. The quantitative estimate of drug-likeness (QED) is 0.697. The van der Waals surface area contributed by atoms with Crippen molar-refractivity contribution in [3.63, 3.8) is 0 Å². The standard InChI is InChI=1S/C20H24N4O4S/c1-4-13-5-7-15(8-6-13)21-18(26)19-23-22-16(29-19)11-28-20(27)14-9-17(25)24(10-14)12(2)3/h5-8,12,14H,4,9-11H2,1-3H3,(H,21,26). The van der Waals surface area contributed by atoms with Crippen molar-refractivity contribution in [1.29, 1.82) is 0 Å². The Morgan fingerprint density at radius 1 is 1.28 bits per heavy atom. The fourth-order valence-electron chi connectivity index (χ4n) is 3.05. The summed E-state index contributed by atoms with van der Waals surface area (Å²) in [4.78, 5) is 38.1. The molecule has 1 unspecified atom stereocenters. The summed E-state index contributed by atoms with van der Waals surface area (Å²) in [5.41, 5.74) is 1.86. The van der Waals surface area contributed by atoms with E-state index >= 15 is 0 Å². The van der Waals surface area contributed by atoms with Crippen LogP contribution in [-0.2, 0) is 27.4 Å². The number of hydrogen-bond donors (Lipinski definition) is 1. The monoisotopic (exact) mass is 416 g/mol. The van der Waals surface area contributed by atoms with E-state index in [4.69, 9.17) is 4.74 Å². The van der Waals surface area contributed by atoms with E-state index in [1.807, 2.05) is 38.1 Å². The van der Waals surface area contributed by atoms with E-state index in [9.17, 15) is 14.4 Å². The molecule has 2 heterocycles. The third-order valence-electron chi connectivity index (χ3n) is 4.73. The summed E-state index contributed by atoms with van der Waals surface area (Å²) in [5, 5.41) is 11.2. The van der Waals surface area contributed by atoms with Gasteiger partial charge in [-0.2, -0.15) is 0 Å². The molecule has 1 saturated heterocycles. The number of carbonyl (C=O) groups is 3. The maximum Gasteiger partial charge on any atom is 0.311 e. The number of aryl methyl sites for hydroxylation is 1. The number of aromatic nitrogens is 2. The first-order chi connectivity index (χ1) is 13.9. The molecular formula is C20H24N4O4S. The van der Waals surface area contributed by atoms with Gasteiger partial charge in [0.15, 0.2) is 5.01 Å². The molecule has 0 radical (unpaired) electrons. The fraction of sp³-hybridized carbons (Fsp3) is 0.450. The molecule has 0 spiro atoms. The van der Waals surface area contributed by atoms with Gasteiger partial charge in [0.2, 0.25) is 10.9 Å². The maximum atomic E-state index is 12.3. The van der Waals surface area contributed by atoms with Crippen molar-refractivity contribution >= 4 is 34.8 Å². The van der Waals surface area contributed by atoms with Crippen LogP contribution in [0.15, 0.2) is 24.3 Å². The molecule has 154 valence electrons. The van der Waals surface area contributed by atoms with Crippen LogP contribution in [-0.4, -0.2) is 45.5 Å². The normalized spacial score (nSPS) is 16.3. The van der Waals surface area contributed by atoms with Crippen LogP contribution in [0.2, 0.25) is 0 Å². The molecule has 9 heteroatoms. The lowest BCUT2D eigenvalue weighted by molar-refractivity contribution is -0.149. The maximum absolute atomic E-state index is 12.3. The Labute approximate surface area is 173 Å². The van der Waals surface area contributed by atoms with E-state index in [-0.39, 0.29) is 35.9 Å². The topological polar surface area (TPSA) is 101 Å². The molecule has 1 aliphatic rings. The number of ether oxygens (including phenoxy) is 1. The summed E-state index contributed by atoms with van der Waals surface area (Å²) in [7, 11) is 0. The molecular weight excluding hydrogens is 392 g/mol. The fourth-order valence-corrected chi connectivity index (χ4v) is 3.70. The summed E-state index contributed by atoms with van der Waals surface area (Å²) in [6.45, 7) is 6.19.